The van der Waals surface area contributed by atoms with Crippen molar-refractivity contribution in [3.8, 4) is 0 Å². The first-order valence-electron chi connectivity index (χ1n) is 10.1. The molecule has 33 heavy (non-hydrogen) atoms. The van der Waals surface area contributed by atoms with Gasteiger partial charge in [-0.25, -0.2) is 13.8 Å². The minimum atomic E-state index is -1.04. The zero-order valence-corrected chi connectivity index (χ0v) is 18.6. The molecule has 1 amide bonds. The summed E-state index contributed by atoms with van der Waals surface area (Å²) in [6.07, 6.45) is 0.574. The number of amides is 1. The Morgan fingerprint density at radius 3 is 2.58 bits per heavy atom. The van der Waals surface area contributed by atoms with Crippen LogP contribution in [0.5, 0.6) is 0 Å². The van der Waals surface area contributed by atoms with Crippen LogP contribution in [0.25, 0.3) is 10.2 Å². The molecule has 2 aromatic carbocycles. The summed E-state index contributed by atoms with van der Waals surface area (Å²) in [7, 11) is 0. The Labute approximate surface area is 195 Å². The maximum atomic E-state index is 13.7. The summed E-state index contributed by atoms with van der Waals surface area (Å²) >= 11 is 2.33. The lowest BCUT2D eigenvalue weighted by Gasteiger charge is -2.23. The average molecular weight is 483 g/mol. The number of thiophene rings is 1. The second-order valence-electron chi connectivity index (χ2n) is 7.49. The lowest BCUT2D eigenvalue weighted by atomic mass is 9.97. The highest BCUT2D eigenvalue weighted by Gasteiger charge is 2.45. The molecule has 2 aromatic heterocycles. The van der Waals surface area contributed by atoms with E-state index in [1.54, 1.807) is 12.1 Å². The fourth-order valence-corrected chi connectivity index (χ4v) is 5.68. The van der Waals surface area contributed by atoms with Crippen LogP contribution in [0.2, 0.25) is 0 Å². The Hall–Kier alpha value is -3.43. The number of aryl methyl sites for hydroxylation is 1. The highest BCUT2D eigenvalue weighted by Crippen LogP contribution is 2.45. The molecule has 5 rings (SSSR count). The van der Waals surface area contributed by atoms with Crippen molar-refractivity contribution in [2.75, 3.05) is 4.90 Å². The number of aromatic nitrogens is 1. The van der Waals surface area contributed by atoms with Crippen molar-refractivity contribution in [1.82, 2.24) is 4.98 Å². The lowest BCUT2D eigenvalue weighted by molar-refractivity contribution is -0.118. The predicted octanol–water partition coefficient (Wildman–Crippen LogP) is 5.74. The van der Waals surface area contributed by atoms with Crippen molar-refractivity contribution in [2.45, 2.75) is 18.9 Å². The van der Waals surface area contributed by atoms with Gasteiger partial charge in [-0.15, -0.1) is 11.3 Å². The minimum Gasteiger partial charge on any atom is -0.503 e. The third kappa shape index (κ3) is 3.83. The number of hydrogen-bond acceptors (Lipinski definition) is 6. The van der Waals surface area contributed by atoms with Crippen LogP contribution in [0.1, 0.15) is 22.9 Å². The normalized spacial score (nSPS) is 16.2. The summed E-state index contributed by atoms with van der Waals surface area (Å²) in [5.41, 5.74) is 1.17. The van der Waals surface area contributed by atoms with E-state index in [0.29, 0.717) is 16.0 Å². The van der Waals surface area contributed by atoms with Gasteiger partial charge in [0.25, 0.3) is 5.91 Å². The van der Waals surface area contributed by atoms with Gasteiger partial charge < -0.3 is 5.11 Å². The second kappa shape index (κ2) is 8.49. The third-order valence-corrected chi connectivity index (χ3v) is 7.37. The number of carbonyl (C=O) groups is 2. The quantitative estimate of drug-likeness (QED) is 0.381. The summed E-state index contributed by atoms with van der Waals surface area (Å²) in [6.45, 7) is 0. The first-order valence-corrected chi connectivity index (χ1v) is 11.8. The van der Waals surface area contributed by atoms with E-state index >= 15 is 0 Å². The Kier molecular flexibility index (Phi) is 5.51. The van der Waals surface area contributed by atoms with Crippen molar-refractivity contribution in [2.24, 2.45) is 0 Å². The molecule has 1 atom stereocenters. The Morgan fingerprint density at radius 1 is 1.09 bits per heavy atom. The number of hydrogen-bond donors (Lipinski definition) is 1. The zero-order chi connectivity index (χ0) is 23.1. The van der Waals surface area contributed by atoms with Crippen molar-refractivity contribution < 1.29 is 23.5 Å². The van der Waals surface area contributed by atoms with Gasteiger partial charge in [0.05, 0.1) is 15.8 Å². The van der Waals surface area contributed by atoms with E-state index in [1.165, 1.54) is 16.2 Å². The van der Waals surface area contributed by atoms with Crippen LogP contribution >= 0.6 is 22.7 Å². The SMILES string of the molecule is O=C(CCc1ccccc1)C1=C(O)C(=O)N(c2nc3cc(F)c(F)cc3s2)C1c1cccs1. The summed E-state index contributed by atoms with van der Waals surface area (Å²) in [5, 5.41) is 12.7. The molecular weight excluding hydrogens is 466 g/mol. The topological polar surface area (TPSA) is 70.5 Å². The molecule has 0 saturated carbocycles. The van der Waals surface area contributed by atoms with Gasteiger partial charge in [-0.3, -0.25) is 14.5 Å². The third-order valence-electron chi connectivity index (χ3n) is 5.43. The van der Waals surface area contributed by atoms with Crippen molar-refractivity contribution in [3.05, 3.63) is 93.4 Å². The van der Waals surface area contributed by atoms with E-state index in [1.807, 2.05) is 35.7 Å². The number of benzene rings is 2. The summed E-state index contributed by atoms with van der Waals surface area (Å²) in [5.74, 6) is -3.79. The highest BCUT2D eigenvalue weighted by molar-refractivity contribution is 7.22. The Balaban J connectivity index is 1.53. The van der Waals surface area contributed by atoms with Gasteiger partial charge in [0, 0.05) is 17.4 Å². The predicted molar refractivity (Wildman–Crippen MR) is 124 cm³/mol. The first-order chi connectivity index (χ1) is 15.9. The number of ketones is 1. The van der Waals surface area contributed by atoms with E-state index < -0.39 is 29.3 Å². The maximum Gasteiger partial charge on any atom is 0.296 e. The van der Waals surface area contributed by atoms with Crippen LogP contribution < -0.4 is 4.90 Å². The smallest absolute Gasteiger partial charge is 0.296 e. The fraction of sp³-hybridized carbons (Fsp3) is 0.125. The summed E-state index contributed by atoms with van der Waals surface area (Å²) in [6, 6.07) is 14.1. The molecular formula is C24H16F2N2O3S2. The number of carbonyl (C=O) groups excluding carboxylic acids is 2. The molecule has 0 bridgehead atoms. The molecule has 1 unspecified atom stereocenters. The molecule has 5 nitrogen and oxygen atoms in total. The largest absolute Gasteiger partial charge is 0.503 e. The lowest BCUT2D eigenvalue weighted by Crippen LogP contribution is -2.30. The summed E-state index contributed by atoms with van der Waals surface area (Å²) in [4.78, 5) is 32.5. The molecule has 1 N–H and O–H groups in total. The summed E-state index contributed by atoms with van der Waals surface area (Å²) < 4.78 is 27.7. The average Bonchev–Trinajstić information content (AvgIpc) is 3.52. The number of aliphatic hydroxyl groups excluding tert-OH is 1. The van der Waals surface area contributed by atoms with Crippen LogP contribution in [0, 0.1) is 11.6 Å². The van der Waals surface area contributed by atoms with Gasteiger partial charge in [0.1, 0.15) is 6.04 Å². The van der Waals surface area contributed by atoms with E-state index in [2.05, 4.69) is 4.98 Å². The van der Waals surface area contributed by atoms with Gasteiger partial charge >= 0.3 is 0 Å². The molecule has 0 aliphatic carbocycles. The van der Waals surface area contributed by atoms with Gasteiger partial charge in [-0.05, 0) is 29.5 Å². The van der Waals surface area contributed by atoms with Gasteiger partial charge in [0.2, 0.25) is 0 Å². The number of fused-ring (bicyclic) bond motifs is 1. The minimum absolute atomic E-state index is 0.00926. The number of thiazole rings is 1. The van der Waals surface area contributed by atoms with E-state index in [0.717, 1.165) is 29.0 Å². The molecule has 4 aromatic rings. The van der Waals surface area contributed by atoms with Crippen LogP contribution in [-0.2, 0) is 16.0 Å². The molecule has 0 radical (unpaired) electrons. The van der Waals surface area contributed by atoms with E-state index in [9.17, 15) is 23.5 Å². The fourth-order valence-electron chi connectivity index (χ4n) is 3.86. The van der Waals surface area contributed by atoms with Crippen LogP contribution in [0.4, 0.5) is 13.9 Å². The van der Waals surface area contributed by atoms with E-state index in [4.69, 9.17) is 0 Å². The highest BCUT2D eigenvalue weighted by atomic mass is 32.1. The number of aliphatic hydroxyl groups is 1. The van der Waals surface area contributed by atoms with E-state index in [-0.39, 0.29) is 28.4 Å². The number of rotatable bonds is 6. The molecule has 1 aliphatic heterocycles. The number of nitrogens with zero attached hydrogens (tertiary/aromatic N) is 2. The Bertz CT molecular complexity index is 1360. The van der Waals surface area contributed by atoms with Crippen molar-refractivity contribution >= 4 is 49.7 Å². The Morgan fingerprint density at radius 2 is 1.85 bits per heavy atom. The zero-order valence-electron chi connectivity index (χ0n) is 17.0. The standard InChI is InChI=1S/C24H16F2N2O3S2/c25-14-11-16-19(12-15(14)26)33-24(27-16)28-21(18-7-4-10-32-18)20(22(30)23(28)31)17(29)9-8-13-5-2-1-3-6-13/h1-7,10-12,21,30H,8-9H2. The molecule has 0 saturated heterocycles. The molecule has 0 spiro atoms. The maximum absolute atomic E-state index is 13.7. The van der Waals surface area contributed by atoms with Crippen molar-refractivity contribution in [1.29, 1.82) is 0 Å². The molecule has 3 heterocycles. The van der Waals surface area contributed by atoms with Gasteiger partial charge in [0.15, 0.2) is 28.3 Å². The molecule has 166 valence electrons. The molecule has 9 heteroatoms. The first kappa shape index (κ1) is 21.4. The molecule has 0 fully saturated rings. The van der Waals surface area contributed by atoms with Crippen LogP contribution in [0.15, 0.2) is 71.3 Å². The monoisotopic (exact) mass is 482 g/mol. The van der Waals surface area contributed by atoms with Crippen LogP contribution in [-0.4, -0.2) is 21.8 Å². The second-order valence-corrected chi connectivity index (χ2v) is 9.48. The van der Waals surface area contributed by atoms with Gasteiger partial charge in [-0.1, -0.05) is 47.7 Å². The molecule has 1 aliphatic rings. The van der Waals surface area contributed by atoms with Crippen molar-refractivity contribution in [3.63, 3.8) is 0 Å². The number of halogens is 2. The van der Waals surface area contributed by atoms with Gasteiger partial charge in [-0.2, -0.15) is 0 Å². The number of Topliss-reactive ketones (excluding diaryl/α,β-unsaturated/α-hetero) is 1. The van der Waals surface area contributed by atoms with Crippen LogP contribution in [0.3, 0.4) is 0 Å². The number of anilines is 1.